The topological polar surface area (TPSA) is 96.0 Å². The van der Waals surface area contributed by atoms with Crippen molar-refractivity contribution in [1.82, 2.24) is 9.72 Å². The lowest BCUT2D eigenvalue weighted by atomic mass is 10.0. The van der Waals surface area contributed by atoms with Crippen LogP contribution in [0.2, 0.25) is 5.02 Å². The molecule has 0 N–H and O–H groups in total. The lowest BCUT2D eigenvalue weighted by Crippen LogP contribution is -2.30. The fourth-order valence-electron chi connectivity index (χ4n) is 5.88. The summed E-state index contributed by atoms with van der Waals surface area (Å²) in [5.41, 5.74) is 1.84. The number of aromatic nitrogens is 2. The summed E-state index contributed by atoms with van der Waals surface area (Å²) < 4.78 is 23.7. The number of aryl methyl sites for hydroxylation is 1. The second-order valence-corrected chi connectivity index (χ2v) is 10.4. The van der Waals surface area contributed by atoms with E-state index in [9.17, 15) is 9.59 Å². The van der Waals surface area contributed by atoms with Gasteiger partial charge in [-0.3, -0.25) is 9.59 Å². The summed E-state index contributed by atoms with van der Waals surface area (Å²) in [5, 5.41) is 5.89. The van der Waals surface area contributed by atoms with Crippen molar-refractivity contribution < 1.29 is 23.5 Å². The van der Waals surface area contributed by atoms with Crippen LogP contribution in [0, 0.1) is 12.8 Å². The zero-order valence-electron chi connectivity index (χ0n) is 22.7. The van der Waals surface area contributed by atoms with Crippen molar-refractivity contribution >= 4 is 45.0 Å². The molecule has 1 amide bonds. The Morgan fingerprint density at radius 3 is 2.49 bits per heavy atom. The van der Waals surface area contributed by atoms with Crippen LogP contribution >= 0.6 is 11.6 Å². The van der Waals surface area contributed by atoms with Crippen LogP contribution in [0.15, 0.2) is 39.6 Å². The third-order valence-corrected chi connectivity index (χ3v) is 8.08. The van der Waals surface area contributed by atoms with Gasteiger partial charge >= 0.3 is 0 Å². The van der Waals surface area contributed by atoms with E-state index >= 15 is 0 Å². The number of methoxy groups -OCH3 is 3. The van der Waals surface area contributed by atoms with Crippen LogP contribution in [0.3, 0.4) is 0 Å². The molecule has 5 rings (SSSR count). The van der Waals surface area contributed by atoms with Crippen LogP contribution in [-0.4, -0.2) is 43.5 Å². The highest BCUT2D eigenvalue weighted by Crippen LogP contribution is 2.42. The molecular formula is C29H32ClN3O6. The van der Waals surface area contributed by atoms with Crippen molar-refractivity contribution in [3.8, 4) is 17.2 Å². The Balaban J connectivity index is 1.41. The molecule has 0 bridgehead atoms. The highest BCUT2D eigenvalue weighted by atomic mass is 35.5. The number of fused-ring (bicyclic) bond motifs is 3. The molecule has 1 aliphatic carbocycles. The molecule has 0 radical (unpaired) electrons. The van der Waals surface area contributed by atoms with Crippen molar-refractivity contribution in [2.45, 2.75) is 45.6 Å². The number of anilines is 1. The number of carbonyl (C=O) groups is 1. The number of pyridine rings is 1. The summed E-state index contributed by atoms with van der Waals surface area (Å²) in [6, 6.07) is 9.15. The fourth-order valence-corrected chi connectivity index (χ4v) is 6.14. The molecular weight excluding hydrogens is 522 g/mol. The summed E-state index contributed by atoms with van der Waals surface area (Å²) in [4.78, 5) is 28.1. The van der Waals surface area contributed by atoms with Crippen LogP contribution in [0.25, 0.3) is 21.8 Å². The maximum atomic E-state index is 13.7. The first kappa shape index (κ1) is 26.9. The molecule has 0 unspecified atom stereocenters. The van der Waals surface area contributed by atoms with Gasteiger partial charge in [-0.05, 0) is 50.7 Å². The number of nitrogens with zero attached hydrogens (tertiary/aromatic N) is 3. The average Bonchev–Trinajstić information content (AvgIpc) is 3.55. The SMILES string of the molecule is COc1cc(N(CC[C@@H]2CC[C@H](n3c(=O)c4c(C)onc4c4c(Cl)cccc43)C2)C(C)=O)cc(OC)c1OC. The summed E-state index contributed by atoms with van der Waals surface area (Å²) in [7, 11) is 4.65. The minimum absolute atomic E-state index is 0.00844. The second-order valence-electron chi connectivity index (χ2n) is 9.95. The molecule has 0 spiro atoms. The summed E-state index contributed by atoms with van der Waals surface area (Å²) in [6.07, 6.45) is 3.40. The number of carbonyl (C=O) groups excluding carboxylic acids is 1. The van der Waals surface area contributed by atoms with E-state index < -0.39 is 0 Å². The Morgan fingerprint density at radius 2 is 1.85 bits per heavy atom. The lowest BCUT2D eigenvalue weighted by Gasteiger charge is -2.25. The molecule has 39 heavy (non-hydrogen) atoms. The lowest BCUT2D eigenvalue weighted by molar-refractivity contribution is -0.116. The quantitative estimate of drug-likeness (QED) is 0.267. The number of rotatable bonds is 8. The number of ether oxygens (including phenoxy) is 3. The highest BCUT2D eigenvalue weighted by molar-refractivity contribution is 6.37. The van der Waals surface area contributed by atoms with Crippen molar-refractivity contribution in [1.29, 1.82) is 0 Å². The van der Waals surface area contributed by atoms with Gasteiger partial charge in [-0.25, -0.2) is 0 Å². The molecule has 9 nitrogen and oxygen atoms in total. The average molecular weight is 554 g/mol. The van der Waals surface area contributed by atoms with E-state index in [1.54, 1.807) is 58.3 Å². The number of hydrogen-bond acceptors (Lipinski definition) is 7. The van der Waals surface area contributed by atoms with Gasteiger partial charge in [0.1, 0.15) is 16.7 Å². The van der Waals surface area contributed by atoms with Gasteiger partial charge in [0.25, 0.3) is 5.56 Å². The van der Waals surface area contributed by atoms with E-state index in [1.165, 1.54) is 0 Å². The number of benzene rings is 2. The molecule has 1 fully saturated rings. The van der Waals surface area contributed by atoms with E-state index in [1.807, 2.05) is 16.7 Å². The zero-order chi connectivity index (χ0) is 27.8. The van der Waals surface area contributed by atoms with E-state index in [2.05, 4.69) is 5.16 Å². The maximum absolute atomic E-state index is 13.7. The molecule has 0 saturated heterocycles. The Hall–Kier alpha value is -3.72. The first-order valence-electron chi connectivity index (χ1n) is 13.0. The molecule has 10 heteroatoms. The van der Waals surface area contributed by atoms with Gasteiger partial charge < -0.3 is 28.2 Å². The van der Waals surface area contributed by atoms with Gasteiger partial charge in [-0.15, -0.1) is 0 Å². The molecule has 1 saturated carbocycles. The van der Waals surface area contributed by atoms with Crippen LogP contribution in [0.5, 0.6) is 17.2 Å². The Kier molecular flexibility index (Phi) is 7.44. The number of halogens is 1. The number of amides is 1. The molecule has 206 valence electrons. The van der Waals surface area contributed by atoms with E-state index in [-0.39, 0.29) is 17.5 Å². The number of hydrogen-bond donors (Lipinski definition) is 0. The molecule has 2 heterocycles. The van der Waals surface area contributed by atoms with Crippen molar-refractivity contribution in [3.63, 3.8) is 0 Å². The zero-order valence-corrected chi connectivity index (χ0v) is 23.5. The second kappa shape index (κ2) is 10.8. The largest absolute Gasteiger partial charge is 0.493 e. The van der Waals surface area contributed by atoms with E-state index in [0.29, 0.717) is 57.1 Å². The Bertz CT molecular complexity index is 1590. The molecule has 0 aliphatic heterocycles. The van der Waals surface area contributed by atoms with E-state index in [0.717, 1.165) is 36.6 Å². The van der Waals surface area contributed by atoms with Crippen LogP contribution < -0.4 is 24.7 Å². The standard InChI is InChI=1S/C29H32ClN3O6/c1-16-25-27(31-39-16)26-21(30)7-6-8-22(26)33(29(25)35)19-10-9-18(13-19)11-12-32(17(2)34)20-14-23(36-3)28(38-5)24(15-20)37-4/h6-8,14-15,18-19H,9-13H2,1-5H3/t18-,19-/m0/s1. The normalized spacial score (nSPS) is 17.1. The van der Waals surface area contributed by atoms with Crippen LogP contribution in [0.4, 0.5) is 5.69 Å². The minimum Gasteiger partial charge on any atom is -0.493 e. The first-order valence-corrected chi connectivity index (χ1v) is 13.3. The predicted octanol–water partition coefficient (Wildman–Crippen LogP) is 5.91. The maximum Gasteiger partial charge on any atom is 0.264 e. The highest BCUT2D eigenvalue weighted by Gasteiger charge is 2.31. The van der Waals surface area contributed by atoms with Crippen molar-refractivity contribution in [3.05, 3.63) is 51.5 Å². The molecule has 2 aromatic carbocycles. The van der Waals surface area contributed by atoms with Gasteiger partial charge in [0.15, 0.2) is 11.5 Å². The Morgan fingerprint density at radius 1 is 1.13 bits per heavy atom. The first-order chi connectivity index (χ1) is 18.8. The predicted molar refractivity (Wildman–Crippen MR) is 151 cm³/mol. The van der Waals surface area contributed by atoms with Gasteiger partial charge in [0.05, 0.1) is 37.6 Å². The van der Waals surface area contributed by atoms with Crippen molar-refractivity contribution in [2.75, 3.05) is 32.8 Å². The minimum atomic E-state index is -0.105. The monoisotopic (exact) mass is 553 g/mol. The van der Waals surface area contributed by atoms with Crippen LogP contribution in [-0.2, 0) is 4.79 Å². The summed E-state index contributed by atoms with van der Waals surface area (Å²) >= 11 is 6.58. The summed E-state index contributed by atoms with van der Waals surface area (Å²) in [5.74, 6) is 2.20. The van der Waals surface area contributed by atoms with Crippen molar-refractivity contribution in [2.24, 2.45) is 5.92 Å². The summed E-state index contributed by atoms with van der Waals surface area (Å²) in [6.45, 7) is 3.82. The van der Waals surface area contributed by atoms with Crippen LogP contribution in [0.1, 0.15) is 44.4 Å². The van der Waals surface area contributed by atoms with Gasteiger partial charge in [-0.2, -0.15) is 0 Å². The molecule has 1 aliphatic rings. The molecule has 4 aromatic rings. The van der Waals surface area contributed by atoms with Gasteiger partial charge in [0.2, 0.25) is 11.7 Å². The smallest absolute Gasteiger partial charge is 0.264 e. The fraction of sp³-hybridized carbons (Fsp3) is 0.414. The molecule has 2 aromatic heterocycles. The molecule has 2 atom stereocenters. The van der Waals surface area contributed by atoms with Gasteiger partial charge in [-0.1, -0.05) is 22.8 Å². The Labute approximate surface area is 231 Å². The van der Waals surface area contributed by atoms with E-state index in [4.69, 9.17) is 30.3 Å². The van der Waals surface area contributed by atoms with Gasteiger partial charge in [0, 0.05) is 37.0 Å². The third-order valence-electron chi connectivity index (χ3n) is 7.76. The third kappa shape index (κ3) is 4.69.